The van der Waals surface area contributed by atoms with Crippen LogP contribution in [0.15, 0.2) is 5.28 Å². The van der Waals surface area contributed by atoms with Gasteiger partial charge in [-0.2, -0.15) is 0 Å². The van der Waals surface area contributed by atoms with E-state index in [9.17, 15) is 14.8 Å². The maximum atomic E-state index is 11.6. The number of aliphatic carboxylic acids is 1. The molecule has 0 rings (SSSR count). The van der Waals surface area contributed by atoms with Crippen LogP contribution >= 0.6 is 0 Å². The fourth-order valence-corrected chi connectivity index (χ4v) is 1.03. The van der Waals surface area contributed by atoms with Gasteiger partial charge in [0.05, 0.1) is 17.1 Å². The van der Waals surface area contributed by atoms with E-state index in [1.165, 1.54) is 0 Å². The van der Waals surface area contributed by atoms with Crippen LogP contribution in [0.2, 0.25) is 0 Å². The van der Waals surface area contributed by atoms with Gasteiger partial charge in [0.15, 0.2) is 6.54 Å². The first-order valence-electron chi connectivity index (χ1n) is 5.77. The van der Waals surface area contributed by atoms with Gasteiger partial charge in [-0.25, -0.2) is 4.79 Å². The SMILES string of the molecule is CCOC(=O)OCO/N=[N+](\[O-])N(CC(=O)O)C(C)(C)C. The van der Waals surface area contributed by atoms with Gasteiger partial charge in [0.1, 0.15) is 0 Å². The van der Waals surface area contributed by atoms with Crippen LogP contribution in [0.1, 0.15) is 27.7 Å². The summed E-state index contributed by atoms with van der Waals surface area (Å²) in [7, 11) is 0. The highest BCUT2D eigenvalue weighted by atomic mass is 16.8. The molecule has 0 fully saturated rings. The number of nitrogens with zero attached hydrogens (tertiary/aromatic N) is 3. The van der Waals surface area contributed by atoms with Crippen molar-refractivity contribution < 1.29 is 34.0 Å². The van der Waals surface area contributed by atoms with E-state index in [1.54, 1.807) is 27.7 Å². The Kier molecular flexibility index (Phi) is 7.11. The molecule has 1 N–H and O–H groups in total. The zero-order valence-corrected chi connectivity index (χ0v) is 11.9. The van der Waals surface area contributed by atoms with Gasteiger partial charge in [-0.1, -0.05) is 0 Å². The lowest BCUT2D eigenvalue weighted by molar-refractivity contribution is -0.724. The predicted octanol–water partition coefficient (Wildman–Crippen LogP) is 1.11. The van der Waals surface area contributed by atoms with Gasteiger partial charge < -0.3 is 24.6 Å². The van der Waals surface area contributed by atoms with Crippen LogP contribution in [0.5, 0.6) is 0 Å². The summed E-state index contributed by atoms with van der Waals surface area (Å²) in [5.41, 5.74) is -0.783. The van der Waals surface area contributed by atoms with Crippen molar-refractivity contribution in [2.45, 2.75) is 33.2 Å². The molecule has 0 heterocycles. The van der Waals surface area contributed by atoms with Gasteiger partial charge in [-0.15, -0.1) is 5.01 Å². The van der Waals surface area contributed by atoms with E-state index in [4.69, 9.17) is 5.11 Å². The van der Waals surface area contributed by atoms with Crippen LogP contribution in [0, 0.1) is 5.21 Å². The maximum absolute atomic E-state index is 11.6. The molecule has 0 aliphatic carbocycles. The molecule has 0 atom stereocenters. The van der Waals surface area contributed by atoms with Crippen molar-refractivity contribution in [1.29, 1.82) is 0 Å². The number of carbonyl (C=O) groups is 2. The zero-order chi connectivity index (χ0) is 15.8. The molecule has 0 aromatic carbocycles. The smallest absolute Gasteiger partial charge is 0.511 e. The Morgan fingerprint density at radius 2 is 1.95 bits per heavy atom. The first kappa shape index (κ1) is 17.7. The van der Waals surface area contributed by atoms with E-state index < -0.39 is 31.0 Å². The molecular weight excluding hydrogens is 274 g/mol. The lowest BCUT2D eigenvalue weighted by atomic mass is 10.1. The van der Waals surface area contributed by atoms with Gasteiger partial charge in [0, 0.05) is 0 Å². The molecule has 10 heteroatoms. The van der Waals surface area contributed by atoms with Crippen molar-refractivity contribution in [1.82, 2.24) is 5.01 Å². The van der Waals surface area contributed by atoms with Gasteiger partial charge in [0.2, 0.25) is 5.28 Å². The molecule has 0 unspecified atom stereocenters. The molecular formula is C10H19N3O7. The first-order chi connectivity index (χ1) is 9.18. The highest BCUT2D eigenvalue weighted by Crippen LogP contribution is 2.13. The standard InChI is InChI=1S/C10H19N3O7/c1-5-18-9(16)19-7-20-11-13(17)12(6-8(14)15)10(2,3)4/h5-7H2,1-4H3,(H,14,15)/b13-11-. The minimum absolute atomic E-state index is 0.0113. The monoisotopic (exact) mass is 293 g/mol. The number of rotatable bonds is 7. The minimum Gasteiger partial charge on any atom is -0.569 e. The average molecular weight is 293 g/mol. The number of hydrogen-bond acceptors (Lipinski definition) is 7. The second kappa shape index (κ2) is 8.02. The minimum atomic E-state index is -1.20. The first-order valence-corrected chi connectivity index (χ1v) is 5.77. The Morgan fingerprint density at radius 1 is 1.35 bits per heavy atom. The van der Waals surface area contributed by atoms with E-state index in [0.29, 0.717) is 0 Å². The van der Waals surface area contributed by atoms with Crippen molar-refractivity contribution in [2.24, 2.45) is 5.28 Å². The third kappa shape index (κ3) is 7.24. The number of carboxylic acids is 1. The highest BCUT2D eigenvalue weighted by Gasteiger charge is 2.31. The van der Waals surface area contributed by atoms with Gasteiger partial charge in [-0.3, -0.25) is 4.79 Å². The van der Waals surface area contributed by atoms with E-state index in [-0.39, 0.29) is 11.6 Å². The number of hydrazine groups is 1. The van der Waals surface area contributed by atoms with Crippen LogP contribution in [0.25, 0.3) is 0 Å². The molecule has 0 bridgehead atoms. The summed E-state index contributed by atoms with van der Waals surface area (Å²) in [5, 5.41) is 24.3. The van der Waals surface area contributed by atoms with Crippen molar-refractivity contribution in [2.75, 3.05) is 19.9 Å². The van der Waals surface area contributed by atoms with Crippen LogP contribution in [0.3, 0.4) is 0 Å². The largest absolute Gasteiger partial charge is 0.569 e. The van der Waals surface area contributed by atoms with Crippen LogP contribution < -0.4 is 0 Å². The Hall–Kier alpha value is -2.26. The Balaban J connectivity index is 4.43. The Bertz CT molecular complexity index is 364. The number of carbonyl (C=O) groups excluding carboxylic acids is 1. The molecule has 0 spiro atoms. The van der Waals surface area contributed by atoms with Gasteiger partial charge in [-0.05, 0) is 27.7 Å². The van der Waals surface area contributed by atoms with Crippen molar-refractivity contribution in [3.8, 4) is 0 Å². The number of hydrogen-bond donors (Lipinski definition) is 1. The molecule has 10 nitrogen and oxygen atoms in total. The van der Waals surface area contributed by atoms with Crippen molar-refractivity contribution in [3.63, 3.8) is 0 Å². The van der Waals surface area contributed by atoms with Crippen molar-refractivity contribution in [3.05, 3.63) is 5.21 Å². The predicted molar refractivity (Wildman–Crippen MR) is 64.2 cm³/mol. The van der Waals surface area contributed by atoms with Gasteiger partial charge >= 0.3 is 12.1 Å². The van der Waals surface area contributed by atoms with E-state index in [1.807, 2.05) is 0 Å². The van der Waals surface area contributed by atoms with Crippen LogP contribution in [0.4, 0.5) is 4.79 Å². The molecule has 0 aromatic rings. The summed E-state index contributed by atoms with van der Waals surface area (Å²) in [6.45, 7) is 5.45. The lowest BCUT2D eigenvalue weighted by Crippen LogP contribution is -2.48. The van der Waals surface area contributed by atoms with E-state index >= 15 is 0 Å². The summed E-state index contributed by atoms with van der Waals surface area (Å²) >= 11 is 0. The van der Waals surface area contributed by atoms with Crippen LogP contribution in [-0.2, 0) is 19.1 Å². The topological polar surface area (TPSA) is 124 Å². The molecule has 0 saturated heterocycles. The fourth-order valence-electron chi connectivity index (χ4n) is 1.03. The Morgan fingerprint density at radius 3 is 2.40 bits per heavy atom. The fraction of sp³-hybridized carbons (Fsp3) is 0.800. The van der Waals surface area contributed by atoms with Crippen LogP contribution in [-0.4, -0.2) is 52.7 Å². The van der Waals surface area contributed by atoms with Gasteiger partial charge in [0.25, 0.3) is 6.79 Å². The highest BCUT2D eigenvalue weighted by molar-refractivity contribution is 5.68. The molecule has 0 aromatic heterocycles. The second-order valence-electron chi connectivity index (χ2n) is 4.53. The number of ether oxygens (including phenoxy) is 2. The third-order valence-electron chi connectivity index (χ3n) is 1.89. The molecule has 0 aliphatic heterocycles. The Labute approximate surface area is 116 Å². The summed E-state index contributed by atoms with van der Waals surface area (Å²) in [5.74, 6) is -1.20. The molecule has 116 valence electrons. The van der Waals surface area contributed by atoms with E-state index in [0.717, 1.165) is 5.01 Å². The maximum Gasteiger partial charge on any atom is 0.511 e. The second-order valence-corrected chi connectivity index (χ2v) is 4.53. The molecule has 0 amide bonds. The molecule has 0 saturated carbocycles. The quantitative estimate of drug-likeness (QED) is 0.185. The normalized spacial score (nSPS) is 11.7. The number of carboxylic acid groups (broad SMARTS) is 1. The molecule has 0 radical (unpaired) electrons. The third-order valence-corrected chi connectivity index (χ3v) is 1.89. The summed E-state index contributed by atoms with van der Waals surface area (Å²) in [6, 6.07) is 0. The zero-order valence-electron chi connectivity index (χ0n) is 11.9. The summed E-state index contributed by atoms with van der Waals surface area (Å²) < 4.78 is 8.84. The van der Waals surface area contributed by atoms with E-state index in [2.05, 4.69) is 19.6 Å². The summed E-state index contributed by atoms with van der Waals surface area (Å²) in [4.78, 5) is 25.9. The lowest BCUT2D eigenvalue weighted by Gasteiger charge is -2.28. The molecule has 20 heavy (non-hydrogen) atoms. The summed E-state index contributed by atoms with van der Waals surface area (Å²) in [6.07, 6.45) is -0.960. The molecule has 0 aliphatic rings. The van der Waals surface area contributed by atoms with Crippen molar-refractivity contribution >= 4 is 12.1 Å². The average Bonchev–Trinajstić information content (AvgIpc) is 2.30.